The van der Waals surface area contributed by atoms with Gasteiger partial charge in [-0.05, 0) is 43.4 Å². The number of aliphatic carboxylic acids is 1. The molecule has 2 N–H and O–H groups in total. The molecule has 2 rings (SSSR count). The Labute approximate surface area is 114 Å². The van der Waals surface area contributed by atoms with Crippen LogP contribution in [0.15, 0.2) is 22.7 Å². The molecule has 5 heteroatoms. The molecular weight excluding hydrogens is 301 g/mol. The first-order valence-corrected chi connectivity index (χ1v) is 6.70. The molecule has 0 heterocycles. The van der Waals surface area contributed by atoms with Gasteiger partial charge >= 0.3 is 5.97 Å². The van der Waals surface area contributed by atoms with Crippen molar-refractivity contribution in [1.29, 1.82) is 0 Å². The van der Waals surface area contributed by atoms with E-state index in [1.165, 1.54) is 6.07 Å². The van der Waals surface area contributed by atoms with Gasteiger partial charge in [0.25, 0.3) is 0 Å². The third-order valence-electron chi connectivity index (χ3n) is 3.40. The fourth-order valence-corrected chi connectivity index (χ4v) is 2.60. The normalized spacial score (nSPS) is 24.4. The van der Waals surface area contributed by atoms with Crippen LogP contribution < -0.4 is 5.32 Å². The van der Waals surface area contributed by atoms with Crippen molar-refractivity contribution in [3.8, 4) is 0 Å². The highest BCUT2D eigenvalue weighted by Gasteiger charge is 2.33. The number of hydrogen-bond donors (Lipinski definition) is 2. The minimum atomic E-state index is -0.853. The van der Waals surface area contributed by atoms with Crippen LogP contribution in [0.1, 0.15) is 31.2 Å². The van der Waals surface area contributed by atoms with Crippen molar-refractivity contribution in [2.45, 2.75) is 37.8 Å². The highest BCUT2D eigenvalue weighted by Crippen LogP contribution is 2.38. The quantitative estimate of drug-likeness (QED) is 0.898. The zero-order valence-corrected chi connectivity index (χ0v) is 11.6. The van der Waals surface area contributed by atoms with Crippen LogP contribution in [-0.4, -0.2) is 23.2 Å². The molecule has 1 atom stereocenters. The zero-order chi connectivity index (χ0) is 13.3. The summed E-state index contributed by atoms with van der Waals surface area (Å²) in [7, 11) is 0. The molecule has 0 bridgehead atoms. The molecule has 1 aliphatic rings. The summed E-state index contributed by atoms with van der Waals surface area (Å²) in [6.07, 6.45) is 1.58. The van der Waals surface area contributed by atoms with Gasteiger partial charge in [0.15, 0.2) is 0 Å². The molecule has 0 radical (unpaired) electrons. The summed E-state index contributed by atoms with van der Waals surface area (Å²) in [5, 5.41) is 11.8. The molecule has 0 spiro atoms. The van der Waals surface area contributed by atoms with Crippen LogP contribution >= 0.6 is 15.9 Å². The van der Waals surface area contributed by atoms with Crippen molar-refractivity contribution in [2.24, 2.45) is 0 Å². The second-order valence-corrected chi connectivity index (χ2v) is 5.67. The summed E-state index contributed by atoms with van der Waals surface area (Å²) in [6, 6.07) is 4.71. The summed E-state index contributed by atoms with van der Waals surface area (Å²) in [6.45, 7) is 1.62. The molecule has 18 heavy (non-hydrogen) atoms. The van der Waals surface area contributed by atoms with Crippen molar-refractivity contribution in [3.05, 3.63) is 34.1 Å². The summed E-state index contributed by atoms with van der Waals surface area (Å²) in [5.41, 5.74) is 0.722. The molecule has 98 valence electrons. The van der Waals surface area contributed by atoms with Gasteiger partial charge < -0.3 is 10.4 Å². The van der Waals surface area contributed by atoms with Gasteiger partial charge in [-0.2, -0.15) is 0 Å². The Morgan fingerprint density at radius 3 is 2.78 bits per heavy atom. The molecule has 1 aromatic carbocycles. The van der Waals surface area contributed by atoms with E-state index in [-0.39, 0.29) is 17.8 Å². The van der Waals surface area contributed by atoms with Gasteiger partial charge in [0.2, 0.25) is 0 Å². The predicted molar refractivity (Wildman–Crippen MR) is 70.1 cm³/mol. The number of carboxylic acid groups (broad SMARTS) is 1. The number of carbonyl (C=O) groups is 1. The van der Waals surface area contributed by atoms with E-state index in [9.17, 15) is 9.18 Å². The average Bonchev–Trinajstić information content (AvgIpc) is 2.23. The maximum Gasteiger partial charge on any atom is 0.320 e. The third-order valence-corrected chi connectivity index (χ3v) is 3.89. The van der Waals surface area contributed by atoms with E-state index in [0.29, 0.717) is 0 Å². The van der Waals surface area contributed by atoms with Gasteiger partial charge in [0, 0.05) is 10.5 Å². The first kappa shape index (κ1) is 13.5. The smallest absolute Gasteiger partial charge is 0.320 e. The predicted octanol–water partition coefficient (Wildman–Crippen LogP) is 2.90. The van der Waals surface area contributed by atoms with Crippen LogP contribution in [0.3, 0.4) is 0 Å². The molecule has 0 aliphatic heterocycles. The van der Waals surface area contributed by atoms with E-state index in [4.69, 9.17) is 5.11 Å². The van der Waals surface area contributed by atoms with E-state index in [0.717, 1.165) is 22.9 Å². The van der Waals surface area contributed by atoms with Crippen molar-refractivity contribution in [1.82, 2.24) is 5.32 Å². The number of hydrogen-bond acceptors (Lipinski definition) is 2. The second-order valence-electron chi connectivity index (χ2n) is 4.76. The van der Waals surface area contributed by atoms with Gasteiger partial charge in [0.05, 0.1) is 0 Å². The van der Waals surface area contributed by atoms with Crippen LogP contribution in [-0.2, 0) is 4.79 Å². The van der Waals surface area contributed by atoms with Crippen LogP contribution in [0.2, 0.25) is 0 Å². The fraction of sp³-hybridized carbons (Fsp3) is 0.462. The number of rotatable bonds is 4. The second kappa shape index (κ2) is 5.36. The molecule has 1 fully saturated rings. The Bertz CT molecular complexity index is 460. The van der Waals surface area contributed by atoms with E-state index >= 15 is 0 Å². The van der Waals surface area contributed by atoms with Crippen LogP contribution in [0.4, 0.5) is 4.39 Å². The molecule has 0 amide bonds. The first-order valence-electron chi connectivity index (χ1n) is 5.91. The Morgan fingerprint density at radius 1 is 1.56 bits per heavy atom. The SMILES string of the molecule is C[C@@H](NC1CC(c2ccc(Br)cc2F)C1)C(=O)O. The number of halogens is 2. The Kier molecular flexibility index (Phi) is 4.02. The summed E-state index contributed by atoms with van der Waals surface area (Å²) in [4.78, 5) is 10.7. The molecule has 0 unspecified atom stereocenters. The average molecular weight is 316 g/mol. The standard InChI is InChI=1S/C13H15BrFNO2/c1-7(13(17)18)16-10-4-8(5-10)11-3-2-9(14)6-12(11)15/h2-3,6-8,10,16H,4-5H2,1H3,(H,17,18)/t7-,8?,10?/m1/s1. The van der Waals surface area contributed by atoms with Crippen molar-refractivity contribution in [2.75, 3.05) is 0 Å². The van der Waals surface area contributed by atoms with Crippen LogP contribution in [0.5, 0.6) is 0 Å². The molecule has 3 nitrogen and oxygen atoms in total. The van der Waals surface area contributed by atoms with Gasteiger partial charge in [0.1, 0.15) is 11.9 Å². The largest absolute Gasteiger partial charge is 0.480 e. The third kappa shape index (κ3) is 2.90. The maximum absolute atomic E-state index is 13.7. The molecular formula is C13H15BrFNO2. The lowest BCUT2D eigenvalue weighted by Gasteiger charge is -2.37. The monoisotopic (exact) mass is 315 g/mol. The summed E-state index contributed by atoms with van der Waals surface area (Å²) < 4.78 is 14.4. The lowest BCUT2D eigenvalue weighted by atomic mass is 9.75. The molecule has 1 aromatic rings. The molecule has 0 saturated heterocycles. The summed E-state index contributed by atoms with van der Waals surface area (Å²) >= 11 is 3.23. The Hall–Kier alpha value is -0.940. The zero-order valence-electron chi connectivity index (χ0n) is 9.99. The van der Waals surface area contributed by atoms with E-state index in [1.807, 2.05) is 6.07 Å². The highest BCUT2D eigenvalue weighted by molar-refractivity contribution is 9.10. The lowest BCUT2D eigenvalue weighted by molar-refractivity contribution is -0.139. The van der Waals surface area contributed by atoms with Gasteiger partial charge in [-0.3, -0.25) is 4.79 Å². The molecule has 0 aromatic heterocycles. The maximum atomic E-state index is 13.7. The van der Waals surface area contributed by atoms with Crippen molar-refractivity contribution < 1.29 is 14.3 Å². The lowest BCUT2D eigenvalue weighted by Crippen LogP contribution is -2.47. The number of benzene rings is 1. The van der Waals surface area contributed by atoms with Crippen LogP contribution in [0, 0.1) is 5.82 Å². The van der Waals surface area contributed by atoms with E-state index in [1.54, 1.807) is 13.0 Å². The topological polar surface area (TPSA) is 49.3 Å². The van der Waals surface area contributed by atoms with E-state index in [2.05, 4.69) is 21.2 Å². The van der Waals surface area contributed by atoms with Crippen LogP contribution in [0.25, 0.3) is 0 Å². The van der Waals surface area contributed by atoms with E-state index < -0.39 is 12.0 Å². The minimum Gasteiger partial charge on any atom is -0.480 e. The minimum absolute atomic E-state index is 0.171. The molecule has 1 saturated carbocycles. The number of nitrogens with one attached hydrogen (secondary N) is 1. The number of carboxylic acids is 1. The fourth-order valence-electron chi connectivity index (χ4n) is 2.27. The molecule has 1 aliphatic carbocycles. The Balaban J connectivity index is 1.91. The van der Waals surface area contributed by atoms with Gasteiger partial charge in [-0.1, -0.05) is 22.0 Å². The highest BCUT2D eigenvalue weighted by atomic mass is 79.9. The van der Waals surface area contributed by atoms with Crippen molar-refractivity contribution >= 4 is 21.9 Å². The van der Waals surface area contributed by atoms with Crippen molar-refractivity contribution in [3.63, 3.8) is 0 Å². The van der Waals surface area contributed by atoms with Gasteiger partial charge in [-0.15, -0.1) is 0 Å². The first-order chi connectivity index (χ1) is 8.47. The van der Waals surface area contributed by atoms with Gasteiger partial charge in [-0.25, -0.2) is 4.39 Å². The Morgan fingerprint density at radius 2 is 2.22 bits per heavy atom. The summed E-state index contributed by atoms with van der Waals surface area (Å²) in [5.74, 6) is -0.857.